The van der Waals surface area contributed by atoms with Crippen molar-refractivity contribution in [1.82, 2.24) is 5.32 Å². The molecule has 2 aliphatic carbocycles. The molecule has 2 saturated carbocycles. The van der Waals surface area contributed by atoms with Crippen LogP contribution in [-0.4, -0.2) is 25.3 Å². The lowest BCUT2D eigenvalue weighted by molar-refractivity contribution is 0.0361. The standard InChI is InChI=1S/C14H27NO/c1-3-6-12(11-9-10-11)15-13-7-4-5-8-14(13)16-2/h11-15H,3-10H2,1-2H3. The highest BCUT2D eigenvalue weighted by molar-refractivity contribution is 4.91. The Morgan fingerprint density at radius 3 is 2.56 bits per heavy atom. The summed E-state index contributed by atoms with van der Waals surface area (Å²) in [6, 6.07) is 1.39. The first-order valence-electron chi connectivity index (χ1n) is 7.14. The zero-order chi connectivity index (χ0) is 11.4. The zero-order valence-corrected chi connectivity index (χ0v) is 10.9. The van der Waals surface area contributed by atoms with Crippen LogP contribution in [0.5, 0.6) is 0 Å². The van der Waals surface area contributed by atoms with Crippen molar-refractivity contribution in [3.8, 4) is 0 Å². The third-order valence-electron chi connectivity index (χ3n) is 4.22. The highest BCUT2D eigenvalue weighted by Gasteiger charge is 2.34. The lowest BCUT2D eigenvalue weighted by Gasteiger charge is -2.34. The second kappa shape index (κ2) is 6.02. The van der Waals surface area contributed by atoms with Crippen molar-refractivity contribution in [2.24, 2.45) is 5.92 Å². The molecule has 2 aliphatic rings. The molecule has 0 saturated heterocycles. The molecular weight excluding hydrogens is 198 g/mol. The molecule has 16 heavy (non-hydrogen) atoms. The van der Waals surface area contributed by atoms with Gasteiger partial charge in [-0.15, -0.1) is 0 Å². The first kappa shape index (κ1) is 12.4. The van der Waals surface area contributed by atoms with E-state index in [9.17, 15) is 0 Å². The monoisotopic (exact) mass is 225 g/mol. The fraction of sp³-hybridized carbons (Fsp3) is 1.00. The van der Waals surface area contributed by atoms with Gasteiger partial charge in [-0.2, -0.15) is 0 Å². The second-order valence-corrected chi connectivity index (χ2v) is 5.56. The first-order valence-corrected chi connectivity index (χ1v) is 7.14. The molecule has 0 amide bonds. The highest BCUT2D eigenvalue weighted by Crippen LogP contribution is 2.35. The van der Waals surface area contributed by atoms with Crippen LogP contribution < -0.4 is 5.32 Å². The van der Waals surface area contributed by atoms with Gasteiger partial charge in [0.05, 0.1) is 6.10 Å². The number of hydrogen-bond acceptors (Lipinski definition) is 2. The van der Waals surface area contributed by atoms with Crippen LogP contribution in [0.2, 0.25) is 0 Å². The number of hydrogen-bond donors (Lipinski definition) is 1. The minimum atomic E-state index is 0.465. The van der Waals surface area contributed by atoms with Gasteiger partial charge in [0.25, 0.3) is 0 Å². The molecule has 3 unspecified atom stereocenters. The molecular formula is C14H27NO. The normalized spacial score (nSPS) is 32.6. The van der Waals surface area contributed by atoms with Crippen LogP contribution in [0.4, 0.5) is 0 Å². The van der Waals surface area contributed by atoms with Crippen LogP contribution in [0.3, 0.4) is 0 Å². The summed E-state index contributed by atoms with van der Waals surface area (Å²) < 4.78 is 5.62. The van der Waals surface area contributed by atoms with Crippen molar-refractivity contribution in [2.75, 3.05) is 7.11 Å². The third kappa shape index (κ3) is 3.21. The predicted octanol–water partition coefficient (Wildman–Crippen LogP) is 3.11. The van der Waals surface area contributed by atoms with E-state index in [4.69, 9.17) is 4.74 Å². The Balaban J connectivity index is 1.84. The Hall–Kier alpha value is -0.0800. The first-order chi connectivity index (χ1) is 7.85. The Morgan fingerprint density at radius 2 is 1.94 bits per heavy atom. The molecule has 1 N–H and O–H groups in total. The van der Waals surface area contributed by atoms with E-state index in [-0.39, 0.29) is 0 Å². The summed E-state index contributed by atoms with van der Waals surface area (Å²) in [5.74, 6) is 0.972. The van der Waals surface area contributed by atoms with Crippen molar-refractivity contribution in [3.63, 3.8) is 0 Å². The second-order valence-electron chi connectivity index (χ2n) is 5.56. The van der Waals surface area contributed by atoms with Gasteiger partial charge < -0.3 is 10.1 Å². The average molecular weight is 225 g/mol. The van der Waals surface area contributed by atoms with Crippen LogP contribution in [0, 0.1) is 5.92 Å². The molecule has 0 aromatic heterocycles. The van der Waals surface area contributed by atoms with E-state index in [1.54, 1.807) is 0 Å². The molecule has 94 valence electrons. The molecule has 0 aromatic rings. The SMILES string of the molecule is CCCC(NC1CCCCC1OC)C1CC1. The number of methoxy groups -OCH3 is 1. The van der Waals surface area contributed by atoms with Crippen LogP contribution in [0.15, 0.2) is 0 Å². The maximum absolute atomic E-state index is 5.62. The summed E-state index contributed by atoms with van der Waals surface area (Å²) in [6.45, 7) is 2.30. The lowest BCUT2D eigenvalue weighted by Crippen LogP contribution is -2.48. The van der Waals surface area contributed by atoms with Gasteiger partial charge in [-0.3, -0.25) is 0 Å². The van der Waals surface area contributed by atoms with Crippen LogP contribution in [-0.2, 0) is 4.74 Å². The van der Waals surface area contributed by atoms with Crippen LogP contribution in [0.1, 0.15) is 58.3 Å². The molecule has 2 rings (SSSR count). The van der Waals surface area contributed by atoms with Gasteiger partial charge in [0.2, 0.25) is 0 Å². The molecule has 2 nitrogen and oxygen atoms in total. The van der Waals surface area contributed by atoms with E-state index in [2.05, 4.69) is 12.2 Å². The van der Waals surface area contributed by atoms with Gasteiger partial charge in [-0.1, -0.05) is 26.2 Å². The maximum Gasteiger partial charge on any atom is 0.0724 e. The summed E-state index contributed by atoms with van der Waals surface area (Å²) in [6.07, 6.45) is 11.3. The van der Waals surface area contributed by atoms with Crippen molar-refractivity contribution in [2.45, 2.75) is 76.5 Å². The van der Waals surface area contributed by atoms with E-state index in [1.807, 2.05) is 7.11 Å². The van der Waals surface area contributed by atoms with Crippen molar-refractivity contribution in [3.05, 3.63) is 0 Å². The van der Waals surface area contributed by atoms with Gasteiger partial charge in [0.15, 0.2) is 0 Å². The van der Waals surface area contributed by atoms with Crippen molar-refractivity contribution < 1.29 is 4.74 Å². The average Bonchev–Trinajstić information content (AvgIpc) is 3.13. The molecule has 0 spiro atoms. The maximum atomic E-state index is 5.62. The Bertz CT molecular complexity index is 203. The van der Waals surface area contributed by atoms with Crippen molar-refractivity contribution >= 4 is 0 Å². The molecule has 2 fully saturated rings. The minimum Gasteiger partial charge on any atom is -0.380 e. The molecule has 0 aliphatic heterocycles. The summed E-state index contributed by atoms with van der Waals surface area (Å²) in [5.41, 5.74) is 0. The van der Waals surface area contributed by atoms with Crippen LogP contribution in [0.25, 0.3) is 0 Å². The lowest BCUT2D eigenvalue weighted by atomic mass is 9.91. The zero-order valence-electron chi connectivity index (χ0n) is 10.9. The van der Waals surface area contributed by atoms with E-state index in [1.165, 1.54) is 51.4 Å². The van der Waals surface area contributed by atoms with Crippen LogP contribution >= 0.6 is 0 Å². The molecule has 2 heteroatoms. The third-order valence-corrected chi connectivity index (χ3v) is 4.22. The minimum absolute atomic E-state index is 0.465. The quantitative estimate of drug-likeness (QED) is 0.750. The predicted molar refractivity (Wildman–Crippen MR) is 67.6 cm³/mol. The Kier molecular flexibility index (Phi) is 4.66. The highest BCUT2D eigenvalue weighted by atomic mass is 16.5. The van der Waals surface area contributed by atoms with E-state index in [0.29, 0.717) is 12.1 Å². The smallest absolute Gasteiger partial charge is 0.0724 e. The molecule has 0 heterocycles. The van der Waals surface area contributed by atoms with Gasteiger partial charge in [0.1, 0.15) is 0 Å². The summed E-state index contributed by atoms with van der Waals surface area (Å²) in [4.78, 5) is 0. The molecule has 3 atom stereocenters. The number of nitrogens with one attached hydrogen (secondary N) is 1. The summed E-state index contributed by atoms with van der Waals surface area (Å²) in [5, 5.41) is 3.89. The molecule has 0 bridgehead atoms. The van der Waals surface area contributed by atoms with Gasteiger partial charge in [0, 0.05) is 19.2 Å². The molecule has 0 aromatic carbocycles. The summed E-state index contributed by atoms with van der Waals surface area (Å²) >= 11 is 0. The molecule has 0 radical (unpaired) electrons. The summed E-state index contributed by atoms with van der Waals surface area (Å²) in [7, 11) is 1.87. The Morgan fingerprint density at radius 1 is 1.19 bits per heavy atom. The van der Waals surface area contributed by atoms with Gasteiger partial charge in [-0.05, 0) is 38.0 Å². The number of rotatable bonds is 6. The fourth-order valence-electron chi connectivity index (χ4n) is 3.11. The van der Waals surface area contributed by atoms with E-state index in [0.717, 1.165) is 12.0 Å². The van der Waals surface area contributed by atoms with E-state index >= 15 is 0 Å². The van der Waals surface area contributed by atoms with Gasteiger partial charge >= 0.3 is 0 Å². The largest absolute Gasteiger partial charge is 0.380 e. The van der Waals surface area contributed by atoms with E-state index < -0.39 is 0 Å². The van der Waals surface area contributed by atoms with Crippen molar-refractivity contribution in [1.29, 1.82) is 0 Å². The number of ether oxygens (including phenoxy) is 1. The Labute approximate surface area is 100 Å². The fourth-order valence-corrected chi connectivity index (χ4v) is 3.11. The van der Waals surface area contributed by atoms with Gasteiger partial charge in [-0.25, -0.2) is 0 Å². The topological polar surface area (TPSA) is 21.3 Å².